The number of ether oxygens (including phenoxy) is 1. The first-order valence-corrected chi connectivity index (χ1v) is 9.87. The van der Waals surface area contributed by atoms with Gasteiger partial charge in [0, 0.05) is 25.2 Å². The van der Waals surface area contributed by atoms with Crippen molar-refractivity contribution in [3.05, 3.63) is 65.8 Å². The fourth-order valence-corrected chi connectivity index (χ4v) is 3.50. The summed E-state index contributed by atoms with van der Waals surface area (Å²) in [6, 6.07) is 13.4. The summed E-state index contributed by atoms with van der Waals surface area (Å²) >= 11 is 0. The summed E-state index contributed by atoms with van der Waals surface area (Å²) < 4.78 is 24.1. The minimum Gasteiger partial charge on any atom is -0.497 e. The average molecular weight is 410 g/mol. The van der Waals surface area contributed by atoms with Crippen molar-refractivity contribution in [2.75, 3.05) is 20.2 Å². The zero-order chi connectivity index (χ0) is 20.9. The summed E-state index contributed by atoms with van der Waals surface area (Å²) in [5.74, 6) is 1.30. The lowest BCUT2D eigenvalue weighted by atomic mass is 9.98. The van der Waals surface area contributed by atoms with Crippen LogP contribution in [-0.4, -0.2) is 41.3 Å². The predicted octanol–water partition coefficient (Wildman–Crippen LogP) is 3.97. The highest BCUT2D eigenvalue weighted by Gasteiger charge is 2.28. The second kappa shape index (κ2) is 8.94. The van der Waals surface area contributed by atoms with Crippen molar-refractivity contribution in [1.82, 2.24) is 20.4 Å². The van der Waals surface area contributed by atoms with Crippen molar-refractivity contribution >= 4 is 6.03 Å². The van der Waals surface area contributed by atoms with Gasteiger partial charge < -0.3 is 19.4 Å². The number of carbonyl (C=O) groups excluding carboxylic acids is 1. The molecule has 1 atom stereocenters. The van der Waals surface area contributed by atoms with E-state index in [1.807, 2.05) is 24.3 Å². The maximum atomic E-state index is 13.1. The molecule has 156 valence electrons. The number of aromatic nitrogens is 2. The minimum atomic E-state index is -0.318. The predicted molar refractivity (Wildman–Crippen MR) is 108 cm³/mol. The third-order valence-corrected chi connectivity index (χ3v) is 5.19. The van der Waals surface area contributed by atoms with Crippen molar-refractivity contribution in [3.63, 3.8) is 0 Å². The molecule has 3 aromatic rings. The van der Waals surface area contributed by atoms with Gasteiger partial charge in [0.1, 0.15) is 11.6 Å². The zero-order valence-corrected chi connectivity index (χ0v) is 16.7. The second-order valence-corrected chi connectivity index (χ2v) is 7.24. The van der Waals surface area contributed by atoms with Crippen molar-refractivity contribution in [3.8, 4) is 17.2 Å². The monoisotopic (exact) mass is 410 g/mol. The molecule has 1 unspecified atom stereocenters. The van der Waals surface area contributed by atoms with Gasteiger partial charge in [-0.15, -0.1) is 10.2 Å². The topological polar surface area (TPSA) is 80.5 Å². The molecule has 0 spiro atoms. The molecule has 30 heavy (non-hydrogen) atoms. The Morgan fingerprint density at radius 3 is 2.70 bits per heavy atom. The molecule has 4 rings (SSSR count). The largest absolute Gasteiger partial charge is 0.497 e. The summed E-state index contributed by atoms with van der Waals surface area (Å²) in [5, 5.41) is 11.2. The van der Waals surface area contributed by atoms with Crippen LogP contribution in [0.3, 0.4) is 0 Å². The Hall–Kier alpha value is -3.42. The van der Waals surface area contributed by atoms with Crippen LogP contribution in [0.4, 0.5) is 9.18 Å². The SMILES string of the molecule is COc1ccc(CNC(=O)N2CCCC(c3nnc(-c4ccc(F)cc4)o3)C2)cc1. The van der Waals surface area contributed by atoms with E-state index in [-0.39, 0.29) is 17.8 Å². The Morgan fingerprint density at radius 2 is 1.97 bits per heavy atom. The minimum absolute atomic E-state index is 0.0211. The number of halogens is 1. The Morgan fingerprint density at radius 1 is 1.20 bits per heavy atom. The Kier molecular flexibility index (Phi) is 5.92. The number of carbonyl (C=O) groups is 1. The normalized spacial score (nSPS) is 16.3. The van der Waals surface area contributed by atoms with Gasteiger partial charge in [-0.2, -0.15) is 0 Å². The lowest BCUT2D eigenvalue weighted by molar-refractivity contribution is 0.174. The second-order valence-electron chi connectivity index (χ2n) is 7.24. The summed E-state index contributed by atoms with van der Waals surface area (Å²) in [6.07, 6.45) is 1.72. The number of nitrogens with zero attached hydrogens (tertiary/aromatic N) is 3. The van der Waals surface area contributed by atoms with Crippen LogP contribution in [0, 0.1) is 5.82 Å². The quantitative estimate of drug-likeness (QED) is 0.688. The Labute approximate surface area is 173 Å². The lowest BCUT2D eigenvalue weighted by Gasteiger charge is -2.31. The highest BCUT2D eigenvalue weighted by molar-refractivity contribution is 5.74. The lowest BCUT2D eigenvalue weighted by Crippen LogP contribution is -2.44. The number of urea groups is 1. The van der Waals surface area contributed by atoms with Crippen molar-refractivity contribution in [1.29, 1.82) is 0 Å². The molecule has 2 amide bonds. The van der Waals surface area contributed by atoms with Crippen molar-refractivity contribution < 1.29 is 18.3 Å². The van der Waals surface area contributed by atoms with Gasteiger partial charge in [0.15, 0.2) is 0 Å². The summed E-state index contributed by atoms with van der Waals surface area (Å²) in [4.78, 5) is 14.4. The number of hydrogen-bond donors (Lipinski definition) is 1. The number of nitrogens with one attached hydrogen (secondary N) is 1. The van der Waals surface area contributed by atoms with Crippen molar-refractivity contribution in [2.45, 2.75) is 25.3 Å². The van der Waals surface area contributed by atoms with Crippen LogP contribution in [0.15, 0.2) is 52.9 Å². The zero-order valence-electron chi connectivity index (χ0n) is 16.7. The van der Waals surface area contributed by atoms with E-state index in [0.29, 0.717) is 37.0 Å². The first kappa shape index (κ1) is 19.9. The molecular formula is C22H23FN4O3. The van der Waals surface area contributed by atoms with Crippen LogP contribution in [0.5, 0.6) is 5.75 Å². The maximum absolute atomic E-state index is 13.1. The van der Waals surface area contributed by atoms with Gasteiger partial charge in [0.25, 0.3) is 0 Å². The average Bonchev–Trinajstić information content (AvgIpc) is 3.29. The molecule has 0 aliphatic carbocycles. The summed E-state index contributed by atoms with van der Waals surface area (Å²) in [6.45, 7) is 1.64. The maximum Gasteiger partial charge on any atom is 0.317 e. The van der Waals surface area contributed by atoms with Gasteiger partial charge in [0.05, 0.1) is 13.0 Å². The molecule has 1 aromatic heterocycles. The van der Waals surface area contributed by atoms with E-state index in [1.54, 1.807) is 24.1 Å². The van der Waals surface area contributed by atoms with Gasteiger partial charge >= 0.3 is 6.03 Å². The number of rotatable bonds is 5. The molecule has 0 saturated carbocycles. The fourth-order valence-electron chi connectivity index (χ4n) is 3.50. The molecule has 0 radical (unpaired) electrons. The van der Waals surface area contributed by atoms with E-state index < -0.39 is 0 Å². The van der Waals surface area contributed by atoms with E-state index >= 15 is 0 Å². The summed E-state index contributed by atoms with van der Waals surface area (Å²) in [7, 11) is 1.62. The van der Waals surface area contributed by atoms with Gasteiger partial charge in [-0.25, -0.2) is 9.18 Å². The summed E-state index contributed by atoms with van der Waals surface area (Å²) in [5.41, 5.74) is 1.67. The number of piperidine rings is 1. The Balaban J connectivity index is 1.35. The van der Waals surface area contributed by atoms with Crippen LogP contribution in [0.1, 0.15) is 30.2 Å². The third-order valence-electron chi connectivity index (χ3n) is 5.19. The van der Waals surface area contributed by atoms with Gasteiger partial charge in [-0.1, -0.05) is 12.1 Å². The molecule has 1 saturated heterocycles. The van der Waals surface area contributed by atoms with E-state index in [4.69, 9.17) is 9.15 Å². The van der Waals surface area contributed by atoms with Crippen LogP contribution in [0.25, 0.3) is 11.5 Å². The van der Waals surface area contributed by atoms with Crippen LogP contribution >= 0.6 is 0 Å². The van der Waals surface area contributed by atoms with Crippen LogP contribution < -0.4 is 10.1 Å². The standard InChI is InChI=1S/C22H23FN4O3/c1-29-19-10-4-15(5-11-19)13-24-22(28)27-12-2-3-17(14-27)21-26-25-20(30-21)16-6-8-18(23)9-7-16/h4-11,17H,2-3,12-14H2,1H3,(H,24,28). The van der Waals surface area contributed by atoms with E-state index in [9.17, 15) is 9.18 Å². The van der Waals surface area contributed by atoms with E-state index in [2.05, 4.69) is 15.5 Å². The molecule has 1 aliphatic rings. The molecule has 8 heteroatoms. The first-order valence-electron chi connectivity index (χ1n) is 9.87. The number of hydrogen-bond acceptors (Lipinski definition) is 5. The van der Waals surface area contributed by atoms with Crippen LogP contribution in [-0.2, 0) is 6.54 Å². The van der Waals surface area contributed by atoms with Crippen LogP contribution in [0.2, 0.25) is 0 Å². The number of methoxy groups -OCH3 is 1. The molecule has 2 aromatic carbocycles. The number of amides is 2. The molecule has 1 fully saturated rings. The Bertz CT molecular complexity index is 988. The molecule has 1 N–H and O–H groups in total. The van der Waals surface area contributed by atoms with Gasteiger partial charge in [-0.05, 0) is 54.8 Å². The van der Waals surface area contributed by atoms with Gasteiger partial charge in [-0.3, -0.25) is 0 Å². The smallest absolute Gasteiger partial charge is 0.317 e. The van der Waals surface area contributed by atoms with Gasteiger partial charge in [0.2, 0.25) is 11.8 Å². The van der Waals surface area contributed by atoms with Crippen molar-refractivity contribution in [2.24, 2.45) is 0 Å². The highest BCUT2D eigenvalue weighted by Crippen LogP contribution is 2.28. The molecule has 1 aliphatic heterocycles. The number of likely N-dealkylation sites (tertiary alicyclic amines) is 1. The molecule has 0 bridgehead atoms. The third kappa shape index (κ3) is 4.59. The molecule has 2 heterocycles. The van der Waals surface area contributed by atoms with E-state index in [0.717, 1.165) is 24.2 Å². The fraction of sp³-hybridized carbons (Fsp3) is 0.318. The number of benzene rings is 2. The highest BCUT2D eigenvalue weighted by atomic mass is 19.1. The first-order chi connectivity index (χ1) is 14.6. The van der Waals surface area contributed by atoms with E-state index in [1.165, 1.54) is 12.1 Å². The molecule has 7 nitrogen and oxygen atoms in total. The molecular weight excluding hydrogens is 387 g/mol.